The van der Waals surface area contributed by atoms with E-state index < -0.39 is 6.09 Å². The largest absolute Gasteiger partial charge is 0.465 e. The second-order valence-electron chi connectivity index (χ2n) is 5.30. The molecule has 0 saturated heterocycles. The molecule has 2 aromatic heterocycles. The molecule has 1 amide bonds. The van der Waals surface area contributed by atoms with E-state index in [1.54, 1.807) is 17.1 Å². The third kappa shape index (κ3) is 3.74. The van der Waals surface area contributed by atoms with Crippen molar-refractivity contribution in [1.82, 2.24) is 20.0 Å². The molecule has 25 heavy (non-hydrogen) atoms. The van der Waals surface area contributed by atoms with Gasteiger partial charge >= 0.3 is 6.09 Å². The van der Waals surface area contributed by atoms with Crippen LogP contribution in [0.2, 0.25) is 0 Å². The molecule has 0 aliphatic rings. The summed E-state index contributed by atoms with van der Waals surface area (Å²) in [6.45, 7) is 3.14. The smallest absolute Gasteiger partial charge is 0.404 e. The van der Waals surface area contributed by atoms with Crippen molar-refractivity contribution in [1.29, 1.82) is 0 Å². The number of ether oxygens (including phenoxy) is 1. The number of amides is 1. The summed E-state index contributed by atoms with van der Waals surface area (Å²) in [4.78, 5) is 19.5. The van der Waals surface area contributed by atoms with Crippen molar-refractivity contribution in [3.05, 3.63) is 36.3 Å². The predicted molar refractivity (Wildman–Crippen MR) is 94.9 cm³/mol. The lowest BCUT2D eigenvalue weighted by Crippen LogP contribution is -2.22. The average Bonchev–Trinajstić information content (AvgIpc) is 2.97. The Bertz CT molecular complexity index is 919. The van der Waals surface area contributed by atoms with Gasteiger partial charge in [-0.3, -0.25) is 4.98 Å². The molecule has 0 aliphatic heterocycles. The van der Waals surface area contributed by atoms with Gasteiger partial charge in [0.15, 0.2) is 5.82 Å². The van der Waals surface area contributed by atoms with Crippen molar-refractivity contribution in [2.75, 3.05) is 13.2 Å². The maximum atomic E-state index is 10.5. The first-order valence-electron chi connectivity index (χ1n) is 8.03. The molecule has 0 unspecified atom stereocenters. The number of hydrogen-bond acceptors (Lipinski definition) is 5. The highest BCUT2D eigenvalue weighted by Gasteiger charge is 2.13. The summed E-state index contributed by atoms with van der Waals surface area (Å²) in [5, 5.41) is 16.3. The van der Waals surface area contributed by atoms with Gasteiger partial charge in [0.25, 0.3) is 0 Å². The first-order chi connectivity index (χ1) is 12.2. The summed E-state index contributed by atoms with van der Waals surface area (Å²) in [5.74, 6) is 0.678. The molecule has 0 fully saturated rings. The number of benzene rings is 1. The number of carboxylic acid groups (broad SMARTS) is 1. The lowest BCUT2D eigenvalue weighted by Gasteiger charge is -2.05. The molecule has 0 spiro atoms. The lowest BCUT2D eigenvalue weighted by atomic mass is 10.2. The second kappa shape index (κ2) is 7.71. The van der Waals surface area contributed by atoms with Crippen LogP contribution >= 0.6 is 0 Å². The zero-order valence-electron chi connectivity index (χ0n) is 13.8. The summed E-state index contributed by atoms with van der Waals surface area (Å²) in [7, 11) is 0. The highest BCUT2D eigenvalue weighted by Crippen LogP contribution is 2.24. The van der Waals surface area contributed by atoms with Gasteiger partial charge < -0.3 is 15.2 Å². The molecule has 3 aromatic rings. The van der Waals surface area contributed by atoms with E-state index in [2.05, 4.69) is 20.4 Å². The number of hydrogen-bond donors (Lipinski definition) is 2. The van der Waals surface area contributed by atoms with Gasteiger partial charge in [0.2, 0.25) is 0 Å². The van der Waals surface area contributed by atoms with Gasteiger partial charge in [-0.1, -0.05) is 18.2 Å². The van der Waals surface area contributed by atoms with Crippen LogP contribution in [0.25, 0.3) is 21.9 Å². The van der Waals surface area contributed by atoms with Gasteiger partial charge in [0.1, 0.15) is 17.6 Å². The minimum atomic E-state index is -1.05. The highest BCUT2D eigenvalue weighted by molar-refractivity contribution is 6.02. The van der Waals surface area contributed by atoms with Gasteiger partial charge in [0, 0.05) is 31.2 Å². The van der Waals surface area contributed by atoms with Gasteiger partial charge in [-0.15, -0.1) is 0 Å². The molecule has 0 saturated carbocycles. The molecule has 2 N–H and O–H groups in total. The van der Waals surface area contributed by atoms with E-state index in [1.165, 1.54) is 0 Å². The third-order valence-electron chi connectivity index (χ3n) is 3.62. The molecule has 0 bridgehead atoms. The van der Waals surface area contributed by atoms with Gasteiger partial charge in [0.05, 0.1) is 11.7 Å². The maximum Gasteiger partial charge on any atom is 0.404 e. The first-order valence-corrected chi connectivity index (χ1v) is 8.03. The van der Waals surface area contributed by atoms with Crippen LogP contribution in [0.1, 0.15) is 19.2 Å². The van der Waals surface area contributed by atoms with Gasteiger partial charge in [-0.25, -0.2) is 14.5 Å². The Kier molecular flexibility index (Phi) is 5.20. The minimum Gasteiger partial charge on any atom is -0.465 e. The Morgan fingerprint density at radius 2 is 2.24 bits per heavy atom. The summed E-state index contributed by atoms with van der Waals surface area (Å²) in [6.07, 6.45) is 2.83. The minimum absolute atomic E-state index is 0.300. The average molecular weight is 341 g/mol. The van der Waals surface area contributed by atoms with Gasteiger partial charge in [-0.2, -0.15) is 5.10 Å². The topological polar surface area (TPSA) is 102 Å². The van der Waals surface area contributed by atoms with Crippen LogP contribution in [-0.2, 0) is 11.3 Å². The maximum absolute atomic E-state index is 10.5. The summed E-state index contributed by atoms with van der Waals surface area (Å²) in [6, 6.07) is 7.80. The molecule has 3 rings (SSSR count). The van der Waals surface area contributed by atoms with E-state index in [0.717, 1.165) is 21.9 Å². The molecular weight excluding hydrogens is 322 g/mol. The summed E-state index contributed by atoms with van der Waals surface area (Å²) >= 11 is 0. The molecule has 1 aromatic carbocycles. The SMILES string of the molecule is CCOCc1nc2cnc3ccccc3c2n1/N=C/CCNC(=O)O. The number of para-hydroxylation sites is 1. The first kappa shape index (κ1) is 16.8. The Morgan fingerprint density at radius 3 is 3.04 bits per heavy atom. The molecule has 8 nitrogen and oxygen atoms in total. The number of aromatic nitrogens is 3. The van der Waals surface area contributed by atoms with Crippen LogP contribution < -0.4 is 5.32 Å². The van der Waals surface area contributed by atoms with Crippen LogP contribution in [0.5, 0.6) is 0 Å². The number of rotatable bonds is 7. The molecular formula is C17H19N5O3. The van der Waals surface area contributed by atoms with E-state index in [1.807, 2.05) is 31.2 Å². The summed E-state index contributed by atoms with van der Waals surface area (Å²) in [5.41, 5.74) is 2.47. The van der Waals surface area contributed by atoms with E-state index in [0.29, 0.717) is 32.0 Å². The molecule has 0 radical (unpaired) electrons. The van der Waals surface area contributed by atoms with Crippen molar-refractivity contribution in [3.8, 4) is 0 Å². The van der Waals surface area contributed by atoms with Gasteiger partial charge in [-0.05, 0) is 13.0 Å². The second-order valence-corrected chi connectivity index (χ2v) is 5.30. The molecule has 8 heteroatoms. The van der Waals surface area contributed by atoms with Crippen LogP contribution in [0.3, 0.4) is 0 Å². The van der Waals surface area contributed by atoms with Crippen LogP contribution in [0.4, 0.5) is 4.79 Å². The number of nitrogens with one attached hydrogen (secondary N) is 1. The van der Waals surface area contributed by atoms with E-state index >= 15 is 0 Å². The Morgan fingerprint density at radius 1 is 1.40 bits per heavy atom. The van der Waals surface area contributed by atoms with Crippen molar-refractivity contribution in [2.45, 2.75) is 20.0 Å². The zero-order chi connectivity index (χ0) is 17.6. The van der Waals surface area contributed by atoms with Crippen LogP contribution in [0.15, 0.2) is 35.6 Å². The van der Waals surface area contributed by atoms with Crippen molar-refractivity contribution >= 4 is 34.2 Å². The quantitative estimate of drug-likeness (QED) is 0.508. The standard InChI is InChI=1S/C17H19N5O3/c1-2-25-11-15-21-14-10-19-13-7-4-3-6-12(13)16(14)22(15)20-9-5-8-18-17(23)24/h3-4,6-7,9-10,18H,2,5,8,11H2,1H3,(H,23,24)/b20-9+. The number of nitrogens with zero attached hydrogens (tertiary/aromatic N) is 4. The fraction of sp³-hybridized carbons (Fsp3) is 0.294. The normalized spacial score (nSPS) is 11.6. The Balaban J connectivity index is 2.00. The Hall–Kier alpha value is -3.00. The van der Waals surface area contributed by atoms with E-state index in [9.17, 15) is 4.79 Å². The number of carbonyl (C=O) groups is 1. The van der Waals surface area contributed by atoms with Crippen molar-refractivity contribution in [2.24, 2.45) is 5.10 Å². The van der Waals surface area contributed by atoms with Crippen LogP contribution in [-0.4, -0.2) is 45.2 Å². The summed E-state index contributed by atoms with van der Waals surface area (Å²) < 4.78 is 7.24. The van der Waals surface area contributed by atoms with E-state index in [4.69, 9.17) is 9.84 Å². The van der Waals surface area contributed by atoms with Crippen molar-refractivity contribution in [3.63, 3.8) is 0 Å². The number of fused-ring (bicyclic) bond motifs is 3. The third-order valence-corrected chi connectivity index (χ3v) is 3.62. The molecule has 130 valence electrons. The van der Waals surface area contributed by atoms with Crippen LogP contribution in [0, 0.1) is 0 Å². The van der Waals surface area contributed by atoms with Crippen molar-refractivity contribution < 1.29 is 14.6 Å². The lowest BCUT2D eigenvalue weighted by molar-refractivity contribution is 0.126. The monoisotopic (exact) mass is 341 g/mol. The fourth-order valence-corrected chi connectivity index (χ4v) is 2.53. The molecule has 2 heterocycles. The van der Waals surface area contributed by atoms with E-state index in [-0.39, 0.29) is 0 Å². The molecule has 0 aliphatic carbocycles. The Labute approximate surface area is 144 Å². The highest BCUT2D eigenvalue weighted by atomic mass is 16.5. The zero-order valence-corrected chi connectivity index (χ0v) is 13.8. The number of pyridine rings is 1. The fourth-order valence-electron chi connectivity index (χ4n) is 2.53. The predicted octanol–water partition coefficient (Wildman–Crippen LogP) is 2.61. The molecule has 0 atom stereocenters. The number of imidazole rings is 1.